The number of carbonyl (C=O) groups is 2. The number of benzene rings is 2. The van der Waals surface area contributed by atoms with Crippen LogP contribution in [0.3, 0.4) is 0 Å². The highest BCUT2D eigenvalue weighted by Crippen LogP contribution is 2.34. The van der Waals surface area contributed by atoms with Gasteiger partial charge in [0.05, 0.1) is 19.2 Å². The van der Waals surface area contributed by atoms with Crippen LogP contribution in [-0.4, -0.2) is 76.5 Å². The van der Waals surface area contributed by atoms with Crippen molar-refractivity contribution >= 4 is 22.7 Å². The van der Waals surface area contributed by atoms with E-state index in [9.17, 15) is 25.1 Å². The van der Waals surface area contributed by atoms with Gasteiger partial charge in [-0.3, -0.25) is 14.9 Å². The number of hydrogen-bond donors (Lipinski definition) is 5. The van der Waals surface area contributed by atoms with Gasteiger partial charge in [-0.05, 0) is 56.0 Å². The smallest absolute Gasteiger partial charge is 0.271 e. The SMILES string of the molecule is COc1cccc2[nH]c(C(=O)N3CC(c4ccccc4)CC3C(=O)NC(CC3CCCNC3O)C(O)C#N)cc12. The number of piperidine rings is 1. The minimum atomic E-state index is -1.45. The summed E-state index contributed by atoms with van der Waals surface area (Å²) >= 11 is 0. The van der Waals surface area contributed by atoms with Crippen LogP contribution in [0.15, 0.2) is 54.6 Å². The van der Waals surface area contributed by atoms with Crippen molar-refractivity contribution in [2.75, 3.05) is 20.2 Å². The third-order valence-electron chi connectivity index (χ3n) is 8.16. The van der Waals surface area contributed by atoms with Crippen LogP contribution < -0.4 is 15.4 Å². The fourth-order valence-electron chi connectivity index (χ4n) is 6.00. The van der Waals surface area contributed by atoms with Crippen molar-refractivity contribution in [1.29, 1.82) is 5.26 Å². The van der Waals surface area contributed by atoms with Gasteiger partial charge >= 0.3 is 0 Å². The minimum absolute atomic E-state index is 0.0662. The van der Waals surface area contributed by atoms with E-state index in [1.54, 1.807) is 18.1 Å². The third kappa shape index (κ3) is 5.68. The highest BCUT2D eigenvalue weighted by molar-refractivity contribution is 6.01. The Hall–Kier alpha value is -3.91. The molecule has 40 heavy (non-hydrogen) atoms. The van der Waals surface area contributed by atoms with Crippen LogP contribution in [0.4, 0.5) is 0 Å². The molecule has 2 aliphatic rings. The summed E-state index contributed by atoms with van der Waals surface area (Å²) in [4.78, 5) is 32.4. The van der Waals surface area contributed by atoms with Crippen molar-refractivity contribution in [3.05, 3.63) is 65.9 Å². The van der Waals surface area contributed by atoms with Gasteiger partial charge < -0.3 is 30.2 Å². The maximum Gasteiger partial charge on any atom is 0.271 e. The van der Waals surface area contributed by atoms with Crippen LogP contribution >= 0.6 is 0 Å². The molecule has 2 aliphatic heterocycles. The number of nitrogens with one attached hydrogen (secondary N) is 3. The van der Waals surface area contributed by atoms with E-state index in [2.05, 4.69) is 15.6 Å². The Balaban J connectivity index is 1.41. The zero-order valence-electron chi connectivity index (χ0n) is 22.4. The molecule has 5 N–H and O–H groups in total. The normalized spacial score (nSPS) is 24.3. The molecule has 2 aromatic carbocycles. The molecule has 10 nitrogen and oxygen atoms in total. The van der Waals surface area contributed by atoms with Crippen LogP contribution in [0, 0.1) is 17.2 Å². The van der Waals surface area contributed by atoms with E-state index in [1.807, 2.05) is 54.6 Å². The predicted molar refractivity (Wildman–Crippen MR) is 148 cm³/mol. The third-order valence-corrected chi connectivity index (χ3v) is 8.16. The number of nitriles is 1. The van der Waals surface area contributed by atoms with Gasteiger partial charge in [0.2, 0.25) is 5.91 Å². The summed E-state index contributed by atoms with van der Waals surface area (Å²) in [6.45, 7) is 1.03. The Morgan fingerprint density at radius 2 is 2.02 bits per heavy atom. The predicted octanol–water partition coefficient (Wildman–Crippen LogP) is 2.25. The maximum absolute atomic E-state index is 13.9. The van der Waals surface area contributed by atoms with Gasteiger partial charge in [0, 0.05) is 29.3 Å². The second kappa shape index (κ2) is 12.1. The molecule has 0 saturated carbocycles. The number of amides is 2. The molecular formula is C30H35N5O5. The van der Waals surface area contributed by atoms with Gasteiger partial charge in [0.1, 0.15) is 23.7 Å². The van der Waals surface area contributed by atoms with Crippen LogP contribution in [0.2, 0.25) is 0 Å². The van der Waals surface area contributed by atoms with Crippen molar-refractivity contribution in [3.63, 3.8) is 0 Å². The molecule has 6 unspecified atom stereocenters. The zero-order valence-corrected chi connectivity index (χ0v) is 22.4. The molecule has 2 fully saturated rings. The first-order valence-electron chi connectivity index (χ1n) is 13.7. The molecule has 6 atom stereocenters. The van der Waals surface area contributed by atoms with E-state index in [-0.39, 0.29) is 24.2 Å². The lowest BCUT2D eigenvalue weighted by Gasteiger charge is -2.33. The lowest BCUT2D eigenvalue weighted by atomic mass is 9.88. The van der Waals surface area contributed by atoms with Crippen molar-refractivity contribution in [2.24, 2.45) is 5.92 Å². The monoisotopic (exact) mass is 545 g/mol. The van der Waals surface area contributed by atoms with Crippen LogP contribution in [0.1, 0.15) is 47.7 Å². The molecule has 3 aromatic rings. The van der Waals surface area contributed by atoms with Gasteiger partial charge in [0.15, 0.2) is 6.10 Å². The minimum Gasteiger partial charge on any atom is -0.496 e. The average molecular weight is 546 g/mol. The molecule has 2 saturated heterocycles. The van der Waals surface area contributed by atoms with Crippen LogP contribution in [0.25, 0.3) is 10.9 Å². The molecule has 3 heterocycles. The number of carbonyl (C=O) groups excluding carboxylic acids is 2. The standard InChI is InChI=1S/C30H35N5O5/c1-40-27-11-5-10-22-21(27)15-24(33-22)30(39)35-17-20(18-7-3-2-4-8-18)14-25(35)29(38)34-23(26(36)16-31)13-19-9-6-12-32-28(19)37/h2-5,7-8,10-11,15,19-20,23,25-26,28,32-33,36-37H,6,9,12-14,17H2,1H3,(H,34,38). The number of H-pyrrole nitrogens is 1. The molecule has 1 aromatic heterocycles. The van der Waals surface area contributed by atoms with Gasteiger partial charge in [0.25, 0.3) is 5.91 Å². The molecule has 210 valence electrons. The number of hydrogen-bond acceptors (Lipinski definition) is 7. The number of ether oxygens (including phenoxy) is 1. The molecule has 2 amide bonds. The number of aromatic amines is 1. The lowest BCUT2D eigenvalue weighted by molar-refractivity contribution is -0.126. The number of likely N-dealkylation sites (tertiary alicyclic amines) is 1. The van der Waals surface area contributed by atoms with Crippen molar-refractivity contribution in [1.82, 2.24) is 20.5 Å². The number of aromatic nitrogens is 1. The summed E-state index contributed by atoms with van der Waals surface area (Å²) in [5.41, 5.74) is 2.12. The summed E-state index contributed by atoms with van der Waals surface area (Å²) in [5.74, 6) is -0.400. The molecule has 0 bridgehead atoms. The Labute approximate surface area is 232 Å². The Bertz CT molecular complexity index is 1390. The number of aliphatic hydroxyl groups excluding tert-OH is 2. The first kappa shape index (κ1) is 27.6. The van der Waals surface area contributed by atoms with E-state index < -0.39 is 30.3 Å². The van der Waals surface area contributed by atoms with E-state index in [0.717, 1.165) is 22.9 Å². The van der Waals surface area contributed by atoms with Gasteiger partial charge in [-0.25, -0.2) is 0 Å². The first-order valence-corrected chi connectivity index (χ1v) is 13.7. The van der Waals surface area contributed by atoms with Crippen molar-refractivity contribution < 1.29 is 24.5 Å². The van der Waals surface area contributed by atoms with Crippen molar-refractivity contribution in [2.45, 2.75) is 56.0 Å². The fourth-order valence-corrected chi connectivity index (χ4v) is 6.00. The Kier molecular flexibility index (Phi) is 8.35. The topological polar surface area (TPSA) is 151 Å². The van der Waals surface area contributed by atoms with Gasteiger partial charge in [-0.15, -0.1) is 0 Å². The zero-order chi connectivity index (χ0) is 28.2. The fraction of sp³-hybridized carbons (Fsp3) is 0.433. The number of rotatable bonds is 8. The maximum atomic E-state index is 13.9. The largest absolute Gasteiger partial charge is 0.496 e. The summed E-state index contributed by atoms with van der Waals surface area (Å²) in [7, 11) is 1.57. The summed E-state index contributed by atoms with van der Waals surface area (Å²) in [6, 6.07) is 17.1. The molecular weight excluding hydrogens is 510 g/mol. The van der Waals surface area contributed by atoms with Crippen molar-refractivity contribution in [3.8, 4) is 11.8 Å². The van der Waals surface area contributed by atoms with Gasteiger partial charge in [-0.2, -0.15) is 5.26 Å². The molecule has 10 heteroatoms. The first-order chi connectivity index (χ1) is 19.4. The molecule has 5 rings (SSSR count). The average Bonchev–Trinajstić information content (AvgIpc) is 3.63. The second-order valence-electron chi connectivity index (χ2n) is 10.6. The van der Waals surface area contributed by atoms with E-state index in [1.165, 1.54) is 0 Å². The lowest BCUT2D eigenvalue weighted by Crippen LogP contribution is -2.53. The Morgan fingerprint density at radius 3 is 2.75 bits per heavy atom. The highest BCUT2D eigenvalue weighted by atomic mass is 16.5. The molecule has 0 aliphatic carbocycles. The summed E-state index contributed by atoms with van der Waals surface area (Å²) in [6.07, 6.45) is -0.0240. The highest BCUT2D eigenvalue weighted by Gasteiger charge is 2.42. The molecule has 0 radical (unpaired) electrons. The summed E-state index contributed by atoms with van der Waals surface area (Å²) in [5, 5.41) is 36.9. The number of methoxy groups -OCH3 is 1. The quantitative estimate of drug-likeness (QED) is 0.272. The second-order valence-corrected chi connectivity index (χ2v) is 10.6. The van der Waals surface area contributed by atoms with Crippen LogP contribution in [-0.2, 0) is 4.79 Å². The van der Waals surface area contributed by atoms with E-state index in [0.29, 0.717) is 37.4 Å². The number of nitrogens with zero attached hydrogens (tertiary/aromatic N) is 2. The van der Waals surface area contributed by atoms with Gasteiger partial charge in [-0.1, -0.05) is 36.4 Å². The Morgan fingerprint density at radius 1 is 1.23 bits per heavy atom. The van der Waals surface area contributed by atoms with Crippen LogP contribution in [0.5, 0.6) is 5.75 Å². The number of aliphatic hydroxyl groups is 2. The molecule has 0 spiro atoms. The number of fused-ring (bicyclic) bond motifs is 1. The summed E-state index contributed by atoms with van der Waals surface area (Å²) < 4.78 is 5.45. The van der Waals surface area contributed by atoms with E-state index in [4.69, 9.17) is 4.74 Å². The van der Waals surface area contributed by atoms with E-state index >= 15 is 0 Å².